The molecule has 0 bridgehead atoms. The van der Waals surface area contributed by atoms with Crippen LogP contribution in [0.1, 0.15) is 51.5 Å². The number of amides is 1. The second kappa shape index (κ2) is 10.5. The van der Waals surface area contributed by atoms with E-state index in [-0.39, 0.29) is 24.5 Å². The van der Waals surface area contributed by atoms with Gasteiger partial charge in [0.05, 0.1) is 12.6 Å². The predicted molar refractivity (Wildman–Crippen MR) is 129 cm³/mol. The Labute approximate surface area is 205 Å². The van der Waals surface area contributed by atoms with Crippen molar-refractivity contribution >= 4 is 5.91 Å². The highest BCUT2D eigenvalue weighted by Crippen LogP contribution is 2.33. The molecule has 184 valence electrons. The fourth-order valence-electron chi connectivity index (χ4n) is 4.51. The van der Waals surface area contributed by atoms with Crippen LogP contribution < -0.4 is 14.8 Å². The van der Waals surface area contributed by atoms with E-state index in [1.807, 2.05) is 18.2 Å². The van der Waals surface area contributed by atoms with Gasteiger partial charge in [0.2, 0.25) is 12.7 Å². The van der Waals surface area contributed by atoms with Crippen LogP contribution in [-0.2, 0) is 24.4 Å². The lowest BCUT2D eigenvalue weighted by Gasteiger charge is -2.22. The van der Waals surface area contributed by atoms with Crippen molar-refractivity contribution in [2.75, 3.05) is 19.9 Å². The highest BCUT2D eigenvalue weighted by Gasteiger charge is 2.20. The van der Waals surface area contributed by atoms with Gasteiger partial charge in [-0.2, -0.15) is 0 Å². The molecule has 1 fully saturated rings. The zero-order valence-electron chi connectivity index (χ0n) is 20.2. The summed E-state index contributed by atoms with van der Waals surface area (Å²) in [5.41, 5.74) is 5.09. The Morgan fingerprint density at radius 1 is 1.09 bits per heavy atom. The van der Waals surface area contributed by atoms with E-state index in [0.29, 0.717) is 32.1 Å². The molecule has 2 aliphatic rings. The van der Waals surface area contributed by atoms with Gasteiger partial charge in [-0.1, -0.05) is 29.8 Å². The molecule has 8 heteroatoms. The molecule has 1 aromatic heterocycles. The predicted octanol–water partition coefficient (Wildman–Crippen LogP) is 4.13. The summed E-state index contributed by atoms with van der Waals surface area (Å²) in [6.45, 7) is 7.55. The molecule has 8 nitrogen and oxygen atoms in total. The molecule has 2 aliphatic heterocycles. The maximum atomic E-state index is 12.5. The van der Waals surface area contributed by atoms with Gasteiger partial charge in [-0.25, -0.2) is 4.98 Å². The molecule has 1 N–H and O–H groups in total. The van der Waals surface area contributed by atoms with Gasteiger partial charge in [0, 0.05) is 26.2 Å². The summed E-state index contributed by atoms with van der Waals surface area (Å²) in [5.74, 6) is 1.78. The average molecular weight is 478 g/mol. The summed E-state index contributed by atoms with van der Waals surface area (Å²) in [6, 6.07) is 12.5. The summed E-state index contributed by atoms with van der Waals surface area (Å²) >= 11 is 0. The lowest BCUT2D eigenvalue weighted by molar-refractivity contribution is 0.0853. The number of carbonyl (C=O) groups excluding carboxylic acids is 1. The molecule has 35 heavy (non-hydrogen) atoms. The lowest BCUT2D eigenvalue weighted by atomic mass is 10.0. The van der Waals surface area contributed by atoms with E-state index in [4.69, 9.17) is 18.6 Å². The fourth-order valence-corrected chi connectivity index (χ4v) is 4.51. The molecule has 3 aromatic rings. The molecule has 1 amide bonds. The zero-order valence-corrected chi connectivity index (χ0v) is 20.2. The Balaban J connectivity index is 1.29. The van der Waals surface area contributed by atoms with Crippen molar-refractivity contribution in [2.45, 2.75) is 52.4 Å². The van der Waals surface area contributed by atoms with Gasteiger partial charge in [0.25, 0.3) is 5.91 Å². The number of ether oxygens (including phenoxy) is 3. The molecule has 0 unspecified atom stereocenters. The minimum absolute atomic E-state index is 0.0836. The van der Waals surface area contributed by atoms with E-state index in [2.05, 4.69) is 47.2 Å². The van der Waals surface area contributed by atoms with Crippen molar-refractivity contribution in [3.05, 3.63) is 76.5 Å². The lowest BCUT2D eigenvalue weighted by Crippen LogP contribution is -2.32. The first-order valence-corrected chi connectivity index (χ1v) is 12.0. The van der Waals surface area contributed by atoms with Crippen molar-refractivity contribution < 1.29 is 23.4 Å². The van der Waals surface area contributed by atoms with Crippen molar-refractivity contribution in [1.82, 2.24) is 15.2 Å². The Bertz CT molecular complexity index is 1190. The molecule has 1 saturated heterocycles. The second-order valence-electron chi connectivity index (χ2n) is 9.23. The van der Waals surface area contributed by atoms with E-state index in [1.54, 1.807) is 0 Å². The van der Waals surface area contributed by atoms with Crippen LogP contribution in [0.3, 0.4) is 0 Å². The number of hydrogen-bond donors (Lipinski definition) is 1. The summed E-state index contributed by atoms with van der Waals surface area (Å²) < 4.78 is 22.3. The fraction of sp³-hybridized carbons (Fsp3) is 0.407. The van der Waals surface area contributed by atoms with Crippen LogP contribution in [0.2, 0.25) is 0 Å². The highest BCUT2D eigenvalue weighted by molar-refractivity contribution is 5.91. The number of fused-ring (bicyclic) bond motifs is 1. The van der Waals surface area contributed by atoms with Gasteiger partial charge in [0.1, 0.15) is 6.26 Å². The van der Waals surface area contributed by atoms with Gasteiger partial charge >= 0.3 is 0 Å². The van der Waals surface area contributed by atoms with Crippen LogP contribution >= 0.6 is 0 Å². The van der Waals surface area contributed by atoms with E-state index < -0.39 is 0 Å². The number of benzene rings is 2. The van der Waals surface area contributed by atoms with Crippen LogP contribution in [0.15, 0.2) is 47.1 Å². The normalized spacial score (nSPS) is 16.7. The van der Waals surface area contributed by atoms with E-state index in [0.717, 1.165) is 36.5 Å². The summed E-state index contributed by atoms with van der Waals surface area (Å²) in [7, 11) is 0. The Morgan fingerprint density at radius 2 is 1.97 bits per heavy atom. The third-order valence-electron chi connectivity index (χ3n) is 6.39. The molecule has 2 aromatic carbocycles. The smallest absolute Gasteiger partial charge is 0.273 e. The number of aryl methyl sites for hydroxylation is 2. The number of nitrogens with one attached hydrogen (secondary N) is 1. The van der Waals surface area contributed by atoms with Gasteiger partial charge in [-0.15, -0.1) is 0 Å². The molecule has 1 atom stereocenters. The number of aromatic nitrogens is 1. The molecular formula is C27H31N3O5. The van der Waals surface area contributed by atoms with Crippen LogP contribution in [0.25, 0.3) is 0 Å². The minimum atomic E-state index is -0.243. The van der Waals surface area contributed by atoms with Gasteiger partial charge in [-0.3, -0.25) is 9.69 Å². The van der Waals surface area contributed by atoms with Gasteiger partial charge < -0.3 is 23.9 Å². The van der Waals surface area contributed by atoms with Crippen molar-refractivity contribution in [1.29, 1.82) is 0 Å². The zero-order chi connectivity index (χ0) is 24.2. The number of rotatable bonds is 9. The Morgan fingerprint density at radius 3 is 2.80 bits per heavy atom. The summed E-state index contributed by atoms with van der Waals surface area (Å²) in [4.78, 5) is 19.3. The van der Waals surface area contributed by atoms with Crippen LogP contribution in [0, 0.1) is 13.8 Å². The maximum Gasteiger partial charge on any atom is 0.273 e. The standard InChI is InChI=1S/C27H31N3O5/c1-18-5-7-21(19(2)10-18)14-30(13-20-6-8-24-25(11-20)35-17-34-24)15-26-29-23(16-33-26)27(31)28-12-22-4-3-9-32-22/h5-8,10-11,16,22H,3-4,9,12-15,17H2,1-2H3,(H,28,31)/t22-/m0/s1. The van der Waals surface area contributed by atoms with Crippen LogP contribution in [0.5, 0.6) is 11.5 Å². The van der Waals surface area contributed by atoms with Gasteiger partial charge in [0.15, 0.2) is 17.2 Å². The largest absolute Gasteiger partial charge is 0.454 e. The molecule has 0 saturated carbocycles. The van der Waals surface area contributed by atoms with E-state index >= 15 is 0 Å². The number of oxazole rings is 1. The average Bonchev–Trinajstić information content (AvgIpc) is 3.61. The van der Waals surface area contributed by atoms with Crippen molar-refractivity contribution in [3.8, 4) is 11.5 Å². The first-order valence-electron chi connectivity index (χ1n) is 12.0. The topological polar surface area (TPSA) is 86.1 Å². The minimum Gasteiger partial charge on any atom is -0.454 e. The first-order chi connectivity index (χ1) is 17.0. The monoisotopic (exact) mass is 477 g/mol. The quantitative estimate of drug-likeness (QED) is 0.496. The third-order valence-corrected chi connectivity index (χ3v) is 6.39. The van der Waals surface area contributed by atoms with E-state index in [9.17, 15) is 4.79 Å². The van der Waals surface area contributed by atoms with E-state index in [1.165, 1.54) is 23.0 Å². The van der Waals surface area contributed by atoms with Crippen molar-refractivity contribution in [2.24, 2.45) is 0 Å². The summed E-state index contributed by atoms with van der Waals surface area (Å²) in [6.07, 6.45) is 3.52. The number of hydrogen-bond acceptors (Lipinski definition) is 7. The molecular weight excluding hydrogens is 446 g/mol. The first kappa shape index (κ1) is 23.4. The highest BCUT2D eigenvalue weighted by atomic mass is 16.7. The third kappa shape index (κ3) is 5.83. The molecule has 0 aliphatic carbocycles. The van der Waals surface area contributed by atoms with Crippen LogP contribution in [0.4, 0.5) is 0 Å². The van der Waals surface area contributed by atoms with Crippen LogP contribution in [-0.4, -0.2) is 41.8 Å². The molecule has 0 radical (unpaired) electrons. The Kier molecular flexibility index (Phi) is 7.01. The van der Waals surface area contributed by atoms with Crippen molar-refractivity contribution in [3.63, 3.8) is 0 Å². The number of nitrogens with zero attached hydrogens (tertiary/aromatic N) is 2. The van der Waals surface area contributed by atoms with Gasteiger partial charge in [-0.05, 0) is 55.5 Å². The molecule has 3 heterocycles. The molecule has 5 rings (SSSR count). The number of carbonyl (C=O) groups is 1. The Hall–Kier alpha value is -3.36. The maximum absolute atomic E-state index is 12.5. The second-order valence-corrected chi connectivity index (χ2v) is 9.23. The summed E-state index contributed by atoms with van der Waals surface area (Å²) in [5, 5.41) is 2.90. The SMILES string of the molecule is Cc1ccc(CN(Cc2ccc3c(c2)OCO3)Cc2nc(C(=O)NC[C@@H]3CCCO3)co2)c(C)c1. The molecule has 0 spiro atoms.